The molecule has 0 bridgehead atoms. The number of carboxylic acid groups (broad SMARTS) is 1. The van der Waals surface area contributed by atoms with Crippen LogP contribution in [0.1, 0.15) is 42.0 Å². The zero-order chi connectivity index (χ0) is 29.4. The Morgan fingerprint density at radius 2 is 1.68 bits per heavy atom. The van der Waals surface area contributed by atoms with Gasteiger partial charge < -0.3 is 20.6 Å². The third kappa shape index (κ3) is 7.91. The van der Waals surface area contributed by atoms with Crippen molar-refractivity contribution in [3.05, 3.63) is 101 Å². The minimum atomic E-state index is -1.33. The zero-order valence-corrected chi connectivity index (χ0v) is 22.8. The van der Waals surface area contributed by atoms with Crippen molar-refractivity contribution in [3.8, 4) is 0 Å². The van der Waals surface area contributed by atoms with Crippen LogP contribution in [0.2, 0.25) is 0 Å². The molecule has 1 fully saturated rings. The van der Waals surface area contributed by atoms with Gasteiger partial charge in [0.25, 0.3) is 5.91 Å². The normalized spacial score (nSPS) is 15.6. The van der Waals surface area contributed by atoms with Crippen LogP contribution in [0, 0.1) is 12.7 Å². The van der Waals surface area contributed by atoms with E-state index in [1.807, 2.05) is 43.3 Å². The van der Waals surface area contributed by atoms with Gasteiger partial charge in [0.05, 0.1) is 12.5 Å². The molecule has 214 valence electrons. The lowest BCUT2D eigenvalue weighted by atomic mass is 10.0. The summed E-state index contributed by atoms with van der Waals surface area (Å²) < 4.78 is 13.8. The highest BCUT2D eigenvalue weighted by molar-refractivity contribution is 5.96. The van der Waals surface area contributed by atoms with E-state index in [-0.39, 0.29) is 37.5 Å². The summed E-state index contributed by atoms with van der Waals surface area (Å²) >= 11 is 0. The zero-order valence-electron chi connectivity index (χ0n) is 22.8. The van der Waals surface area contributed by atoms with Crippen molar-refractivity contribution in [1.29, 1.82) is 0 Å². The standard InChI is InChI=1S/C31H33FN4O5/c1-21-8-5-11-23(18-21)26(20-28(38)39)34-29(40)30-35(27(37)15-14-22-9-3-2-4-10-22)16-7-17-36(30)31(41)33-25-13-6-12-24(32)19-25/h2-6,8-13,18-19,26,30H,7,14-17,20H2,1H3,(H,33,41)(H,34,40)(H,38,39). The molecule has 1 aliphatic rings. The molecule has 3 aromatic rings. The maximum Gasteiger partial charge on any atom is 0.323 e. The van der Waals surface area contributed by atoms with Gasteiger partial charge in [-0.1, -0.05) is 66.2 Å². The Morgan fingerprint density at radius 3 is 2.39 bits per heavy atom. The second kappa shape index (κ2) is 13.6. The van der Waals surface area contributed by atoms with Crippen molar-refractivity contribution < 1.29 is 28.7 Å². The minimum absolute atomic E-state index is 0.115. The molecular formula is C31H33FN4O5. The van der Waals surface area contributed by atoms with E-state index < -0.39 is 35.9 Å². The fourth-order valence-corrected chi connectivity index (χ4v) is 4.94. The molecule has 0 radical (unpaired) electrons. The lowest BCUT2D eigenvalue weighted by Gasteiger charge is -2.43. The first-order chi connectivity index (χ1) is 19.7. The van der Waals surface area contributed by atoms with Gasteiger partial charge in [0.15, 0.2) is 6.17 Å². The third-order valence-electron chi connectivity index (χ3n) is 6.89. The minimum Gasteiger partial charge on any atom is -0.481 e. The van der Waals surface area contributed by atoms with Gasteiger partial charge in [-0.25, -0.2) is 9.18 Å². The first kappa shape index (κ1) is 29.3. The van der Waals surface area contributed by atoms with Gasteiger partial charge in [0.2, 0.25) is 5.91 Å². The summed E-state index contributed by atoms with van der Waals surface area (Å²) in [5, 5.41) is 15.0. The first-order valence-corrected chi connectivity index (χ1v) is 13.5. The number of aryl methyl sites for hydroxylation is 2. The maximum absolute atomic E-state index is 13.9. The van der Waals surface area contributed by atoms with Crippen molar-refractivity contribution in [2.75, 3.05) is 18.4 Å². The highest BCUT2D eigenvalue weighted by Gasteiger charge is 2.41. The predicted octanol–water partition coefficient (Wildman–Crippen LogP) is 4.49. The summed E-state index contributed by atoms with van der Waals surface area (Å²) in [7, 11) is 0. The monoisotopic (exact) mass is 560 g/mol. The van der Waals surface area contributed by atoms with Gasteiger partial charge in [-0.2, -0.15) is 0 Å². The van der Waals surface area contributed by atoms with Gasteiger partial charge in [-0.05, 0) is 49.1 Å². The Bertz CT molecular complexity index is 1400. The van der Waals surface area contributed by atoms with Crippen LogP contribution >= 0.6 is 0 Å². The third-order valence-corrected chi connectivity index (χ3v) is 6.89. The molecule has 3 aromatic carbocycles. The number of benzene rings is 3. The van der Waals surface area contributed by atoms with E-state index in [0.29, 0.717) is 18.4 Å². The lowest BCUT2D eigenvalue weighted by Crippen LogP contribution is -2.64. The number of nitrogens with zero attached hydrogens (tertiary/aromatic N) is 2. The van der Waals surface area contributed by atoms with Crippen LogP contribution in [-0.4, -0.2) is 58.0 Å². The fourth-order valence-electron chi connectivity index (χ4n) is 4.94. The molecule has 3 N–H and O–H groups in total. The van der Waals surface area contributed by atoms with Gasteiger partial charge >= 0.3 is 12.0 Å². The van der Waals surface area contributed by atoms with E-state index in [1.54, 1.807) is 18.2 Å². The second-order valence-corrected chi connectivity index (χ2v) is 10.0. The molecule has 10 heteroatoms. The van der Waals surface area contributed by atoms with Crippen LogP contribution in [0.5, 0.6) is 0 Å². The summed E-state index contributed by atoms with van der Waals surface area (Å²) in [5.41, 5.74) is 2.64. The number of hydrogen-bond donors (Lipinski definition) is 3. The summed E-state index contributed by atoms with van der Waals surface area (Å²) in [4.78, 5) is 55.1. The fraction of sp³-hybridized carbons (Fsp3) is 0.290. The van der Waals surface area contributed by atoms with Crippen molar-refractivity contribution >= 4 is 29.5 Å². The average molecular weight is 561 g/mol. The van der Waals surface area contributed by atoms with Crippen LogP contribution in [0.15, 0.2) is 78.9 Å². The second-order valence-electron chi connectivity index (χ2n) is 10.0. The number of urea groups is 1. The van der Waals surface area contributed by atoms with Crippen molar-refractivity contribution in [3.63, 3.8) is 0 Å². The Kier molecular flexibility index (Phi) is 9.68. The lowest BCUT2D eigenvalue weighted by molar-refractivity contribution is -0.149. The van der Waals surface area contributed by atoms with E-state index in [9.17, 15) is 28.7 Å². The summed E-state index contributed by atoms with van der Waals surface area (Å²) in [6, 6.07) is 20.4. The molecule has 4 rings (SSSR count). The molecular weight excluding hydrogens is 527 g/mol. The molecule has 0 aromatic heterocycles. The number of carbonyl (C=O) groups is 4. The number of aliphatic carboxylic acids is 1. The molecule has 4 amide bonds. The number of amides is 4. The van der Waals surface area contributed by atoms with Gasteiger partial charge in [-0.3, -0.25) is 19.3 Å². The van der Waals surface area contributed by atoms with E-state index >= 15 is 0 Å². The summed E-state index contributed by atoms with van der Waals surface area (Å²) in [6.07, 6.45) is -0.733. The van der Waals surface area contributed by atoms with Crippen LogP contribution in [0.25, 0.3) is 0 Å². The number of hydrogen-bond acceptors (Lipinski definition) is 4. The van der Waals surface area contributed by atoms with Crippen LogP contribution < -0.4 is 10.6 Å². The molecule has 2 unspecified atom stereocenters. The van der Waals surface area contributed by atoms with Crippen molar-refractivity contribution in [2.24, 2.45) is 0 Å². The molecule has 1 aliphatic heterocycles. The molecule has 1 saturated heterocycles. The van der Waals surface area contributed by atoms with Crippen LogP contribution in [0.4, 0.5) is 14.9 Å². The number of halogens is 1. The van der Waals surface area contributed by atoms with E-state index in [2.05, 4.69) is 10.6 Å². The molecule has 41 heavy (non-hydrogen) atoms. The van der Waals surface area contributed by atoms with Gasteiger partial charge in [0.1, 0.15) is 5.82 Å². The number of carboxylic acids is 1. The molecule has 0 saturated carbocycles. The smallest absolute Gasteiger partial charge is 0.323 e. The first-order valence-electron chi connectivity index (χ1n) is 13.5. The molecule has 1 heterocycles. The van der Waals surface area contributed by atoms with E-state index in [1.165, 1.54) is 28.0 Å². The largest absolute Gasteiger partial charge is 0.481 e. The topological polar surface area (TPSA) is 119 Å². The summed E-state index contributed by atoms with van der Waals surface area (Å²) in [6.45, 7) is 2.26. The molecule has 9 nitrogen and oxygen atoms in total. The SMILES string of the molecule is Cc1cccc(C(CC(=O)O)NC(=O)C2N(C(=O)CCc3ccccc3)CCCN2C(=O)Nc2cccc(F)c2)c1. The highest BCUT2D eigenvalue weighted by atomic mass is 19.1. The predicted molar refractivity (Wildman–Crippen MR) is 151 cm³/mol. The molecule has 0 spiro atoms. The van der Waals surface area contributed by atoms with Gasteiger partial charge in [0, 0.05) is 25.2 Å². The van der Waals surface area contributed by atoms with Crippen molar-refractivity contribution in [2.45, 2.75) is 44.8 Å². The molecule has 0 aliphatic carbocycles. The Labute approximate surface area is 238 Å². The maximum atomic E-state index is 13.9. The number of carbonyl (C=O) groups excluding carboxylic acids is 3. The quantitative estimate of drug-likeness (QED) is 0.356. The number of nitrogens with one attached hydrogen (secondary N) is 2. The number of rotatable bonds is 9. The Morgan fingerprint density at radius 1 is 0.951 bits per heavy atom. The van der Waals surface area contributed by atoms with E-state index in [4.69, 9.17) is 0 Å². The van der Waals surface area contributed by atoms with Gasteiger partial charge in [-0.15, -0.1) is 0 Å². The average Bonchev–Trinajstić information content (AvgIpc) is 2.95. The molecule has 2 atom stereocenters. The van der Waals surface area contributed by atoms with Crippen molar-refractivity contribution in [1.82, 2.24) is 15.1 Å². The Balaban J connectivity index is 1.61. The van der Waals surface area contributed by atoms with Crippen LogP contribution in [-0.2, 0) is 20.8 Å². The number of anilines is 1. The highest BCUT2D eigenvalue weighted by Crippen LogP contribution is 2.23. The Hall–Kier alpha value is -4.73. The summed E-state index contributed by atoms with van der Waals surface area (Å²) in [5.74, 6) is -2.65. The van der Waals surface area contributed by atoms with E-state index in [0.717, 1.165) is 17.2 Å². The van der Waals surface area contributed by atoms with Crippen LogP contribution in [0.3, 0.4) is 0 Å².